The first-order chi connectivity index (χ1) is 12.5. The largest absolute Gasteiger partial charge is 0.340 e. The number of hydrogen-bond donors (Lipinski definition) is 0. The van der Waals surface area contributed by atoms with Crippen LogP contribution in [-0.4, -0.2) is 61.9 Å². The van der Waals surface area contributed by atoms with Crippen LogP contribution in [0.5, 0.6) is 0 Å². The predicted molar refractivity (Wildman–Crippen MR) is 104 cm³/mol. The van der Waals surface area contributed by atoms with Gasteiger partial charge in [0.1, 0.15) is 6.33 Å². The molecule has 0 unspecified atom stereocenters. The van der Waals surface area contributed by atoms with Crippen LogP contribution in [0.1, 0.15) is 24.5 Å². The Morgan fingerprint density at radius 2 is 1.96 bits per heavy atom. The Labute approximate surface area is 159 Å². The van der Waals surface area contributed by atoms with E-state index in [4.69, 9.17) is 0 Å². The van der Waals surface area contributed by atoms with Crippen molar-refractivity contribution in [2.75, 3.05) is 26.2 Å². The molecule has 1 fully saturated rings. The van der Waals surface area contributed by atoms with Gasteiger partial charge in [0, 0.05) is 39.8 Å². The molecule has 140 valence electrons. The highest BCUT2D eigenvalue weighted by molar-refractivity contribution is 8.00. The molecule has 1 aliphatic rings. The lowest BCUT2D eigenvalue weighted by molar-refractivity contribution is -0.130. The molecule has 1 amide bonds. The molecular formula is C19H27N5OS. The predicted octanol–water partition coefficient (Wildman–Crippen LogP) is 2.34. The fraction of sp³-hybridized carbons (Fsp3) is 0.526. The Balaban J connectivity index is 1.53. The summed E-state index contributed by atoms with van der Waals surface area (Å²) in [5, 5.41) is 8.57. The maximum Gasteiger partial charge on any atom is 0.235 e. The molecule has 0 spiro atoms. The van der Waals surface area contributed by atoms with Crippen LogP contribution in [0.2, 0.25) is 0 Å². The van der Waals surface area contributed by atoms with Gasteiger partial charge < -0.3 is 9.47 Å². The molecule has 0 N–H and O–H groups in total. The summed E-state index contributed by atoms with van der Waals surface area (Å²) in [7, 11) is 1.90. The minimum atomic E-state index is -0.151. The molecule has 1 aromatic heterocycles. The van der Waals surface area contributed by atoms with E-state index in [2.05, 4.69) is 46.3 Å². The molecule has 7 heteroatoms. The standard InChI is InChI=1S/C19H27N5OS/c1-15-5-7-17(8-6-15)13-23-9-4-10-24(12-11-23)18(25)16(2)26-19-21-20-14-22(19)3/h5-8,14,16H,4,9-13H2,1-3H3/t16-/m0/s1. The number of benzene rings is 1. The highest BCUT2D eigenvalue weighted by atomic mass is 32.2. The summed E-state index contributed by atoms with van der Waals surface area (Å²) < 4.78 is 1.85. The van der Waals surface area contributed by atoms with Crippen molar-refractivity contribution in [2.24, 2.45) is 7.05 Å². The summed E-state index contributed by atoms with van der Waals surface area (Å²) in [5.41, 5.74) is 2.62. The van der Waals surface area contributed by atoms with E-state index in [0.29, 0.717) is 0 Å². The molecule has 0 bridgehead atoms. The maximum atomic E-state index is 12.8. The molecule has 0 saturated carbocycles. The molecule has 0 radical (unpaired) electrons. The van der Waals surface area contributed by atoms with Crippen molar-refractivity contribution in [3.05, 3.63) is 41.7 Å². The minimum absolute atomic E-state index is 0.151. The zero-order valence-electron chi connectivity index (χ0n) is 15.8. The second-order valence-electron chi connectivity index (χ2n) is 6.93. The van der Waals surface area contributed by atoms with Gasteiger partial charge in [0.15, 0.2) is 5.16 Å². The van der Waals surface area contributed by atoms with Crippen LogP contribution in [0.3, 0.4) is 0 Å². The van der Waals surface area contributed by atoms with Crippen LogP contribution in [0, 0.1) is 6.92 Å². The summed E-state index contributed by atoms with van der Waals surface area (Å²) in [6.07, 6.45) is 2.67. The number of carbonyl (C=O) groups excluding carboxylic acids is 1. The van der Waals surface area contributed by atoms with Crippen LogP contribution in [0.15, 0.2) is 35.7 Å². The number of hydrogen-bond acceptors (Lipinski definition) is 5. The molecular weight excluding hydrogens is 346 g/mol. The van der Waals surface area contributed by atoms with Crippen molar-refractivity contribution in [1.82, 2.24) is 24.6 Å². The number of aromatic nitrogens is 3. The van der Waals surface area contributed by atoms with E-state index in [-0.39, 0.29) is 11.2 Å². The van der Waals surface area contributed by atoms with Gasteiger partial charge in [0.2, 0.25) is 5.91 Å². The molecule has 1 aliphatic heterocycles. The lowest BCUT2D eigenvalue weighted by atomic mass is 10.1. The van der Waals surface area contributed by atoms with Crippen molar-refractivity contribution in [3.63, 3.8) is 0 Å². The lowest BCUT2D eigenvalue weighted by Gasteiger charge is -2.24. The first-order valence-corrected chi connectivity index (χ1v) is 9.98. The molecule has 6 nitrogen and oxygen atoms in total. The summed E-state index contributed by atoms with van der Waals surface area (Å²) >= 11 is 1.47. The minimum Gasteiger partial charge on any atom is -0.340 e. The molecule has 1 aromatic carbocycles. The third-order valence-corrected chi connectivity index (χ3v) is 5.86. The highest BCUT2D eigenvalue weighted by Crippen LogP contribution is 2.22. The average Bonchev–Trinajstić information content (AvgIpc) is 2.89. The van der Waals surface area contributed by atoms with Gasteiger partial charge >= 0.3 is 0 Å². The zero-order valence-corrected chi connectivity index (χ0v) is 16.6. The third kappa shape index (κ3) is 4.86. The van der Waals surface area contributed by atoms with Crippen LogP contribution >= 0.6 is 11.8 Å². The summed E-state index contributed by atoms with van der Waals surface area (Å²) in [4.78, 5) is 17.3. The van der Waals surface area contributed by atoms with Gasteiger partial charge in [-0.25, -0.2) is 0 Å². The number of rotatable bonds is 5. The van der Waals surface area contributed by atoms with Gasteiger partial charge in [-0.15, -0.1) is 10.2 Å². The fourth-order valence-corrected chi connectivity index (χ4v) is 4.02. The Morgan fingerprint density at radius 1 is 1.19 bits per heavy atom. The smallest absolute Gasteiger partial charge is 0.235 e. The second-order valence-corrected chi connectivity index (χ2v) is 8.23. The van der Waals surface area contributed by atoms with E-state index in [0.717, 1.165) is 44.3 Å². The molecule has 26 heavy (non-hydrogen) atoms. The van der Waals surface area contributed by atoms with E-state index in [1.807, 2.05) is 23.4 Å². The van der Waals surface area contributed by atoms with E-state index in [1.54, 1.807) is 6.33 Å². The average molecular weight is 374 g/mol. The van der Waals surface area contributed by atoms with Gasteiger partial charge in [-0.1, -0.05) is 41.6 Å². The van der Waals surface area contributed by atoms with Gasteiger partial charge in [0.05, 0.1) is 5.25 Å². The van der Waals surface area contributed by atoms with Gasteiger partial charge in [-0.2, -0.15) is 0 Å². The van der Waals surface area contributed by atoms with Gasteiger partial charge in [-0.05, 0) is 25.8 Å². The molecule has 3 rings (SSSR count). The van der Waals surface area contributed by atoms with Crippen LogP contribution in [0.25, 0.3) is 0 Å². The monoisotopic (exact) mass is 373 g/mol. The molecule has 0 aliphatic carbocycles. The number of amides is 1. The SMILES string of the molecule is Cc1ccc(CN2CCCN(C(=O)[C@H](C)Sc3nncn3C)CC2)cc1. The van der Waals surface area contributed by atoms with Crippen LogP contribution < -0.4 is 0 Å². The first kappa shape index (κ1) is 18.9. The van der Waals surface area contributed by atoms with E-state index in [9.17, 15) is 4.79 Å². The normalized spacial score (nSPS) is 17.1. The summed E-state index contributed by atoms with van der Waals surface area (Å²) in [5.74, 6) is 0.190. The summed E-state index contributed by atoms with van der Waals surface area (Å²) in [6.45, 7) is 8.58. The number of aryl methyl sites for hydroxylation is 2. The number of nitrogens with zero attached hydrogens (tertiary/aromatic N) is 5. The molecule has 1 atom stereocenters. The molecule has 2 heterocycles. The zero-order chi connectivity index (χ0) is 18.5. The highest BCUT2D eigenvalue weighted by Gasteiger charge is 2.25. The molecule has 1 saturated heterocycles. The van der Waals surface area contributed by atoms with Crippen molar-refractivity contribution < 1.29 is 4.79 Å². The van der Waals surface area contributed by atoms with Gasteiger partial charge in [0.25, 0.3) is 0 Å². The van der Waals surface area contributed by atoms with Crippen LogP contribution in [-0.2, 0) is 18.4 Å². The Hall–Kier alpha value is -1.86. The quantitative estimate of drug-likeness (QED) is 0.753. The first-order valence-electron chi connectivity index (χ1n) is 9.10. The Morgan fingerprint density at radius 3 is 2.65 bits per heavy atom. The van der Waals surface area contributed by atoms with E-state index >= 15 is 0 Å². The topological polar surface area (TPSA) is 54.3 Å². The fourth-order valence-electron chi connectivity index (χ4n) is 3.15. The van der Waals surface area contributed by atoms with Crippen molar-refractivity contribution in [3.8, 4) is 0 Å². The Bertz CT molecular complexity index is 730. The van der Waals surface area contributed by atoms with Gasteiger partial charge in [-0.3, -0.25) is 9.69 Å². The van der Waals surface area contributed by atoms with E-state index in [1.165, 1.54) is 22.9 Å². The third-order valence-electron chi connectivity index (χ3n) is 4.73. The van der Waals surface area contributed by atoms with Crippen molar-refractivity contribution >= 4 is 17.7 Å². The van der Waals surface area contributed by atoms with Crippen molar-refractivity contribution in [1.29, 1.82) is 0 Å². The number of thioether (sulfide) groups is 1. The lowest BCUT2D eigenvalue weighted by Crippen LogP contribution is -2.39. The molecule has 2 aromatic rings. The second kappa shape index (κ2) is 8.68. The van der Waals surface area contributed by atoms with Crippen LogP contribution in [0.4, 0.5) is 0 Å². The Kier molecular flexibility index (Phi) is 6.32. The summed E-state index contributed by atoms with van der Waals surface area (Å²) in [6, 6.07) is 8.72. The number of carbonyl (C=O) groups is 1. The van der Waals surface area contributed by atoms with Crippen molar-refractivity contribution in [2.45, 2.75) is 37.2 Å². The van der Waals surface area contributed by atoms with E-state index < -0.39 is 0 Å². The maximum absolute atomic E-state index is 12.8.